The molecule has 1 aromatic carbocycles. The van der Waals surface area contributed by atoms with E-state index in [1.807, 2.05) is 4.90 Å². The van der Waals surface area contributed by atoms with Crippen molar-refractivity contribution in [3.8, 4) is 0 Å². The van der Waals surface area contributed by atoms with Crippen molar-refractivity contribution < 1.29 is 19.4 Å². The predicted molar refractivity (Wildman–Crippen MR) is 158 cm³/mol. The van der Waals surface area contributed by atoms with E-state index in [1.54, 1.807) is 0 Å². The summed E-state index contributed by atoms with van der Waals surface area (Å²) < 4.78 is 5.80. The molecule has 1 N–H and O–H groups in total. The molecule has 40 heavy (non-hydrogen) atoms. The van der Waals surface area contributed by atoms with Gasteiger partial charge in [-0.2, -0.15) is 0 Å². The average molecular weight is 557 g/mol. The predicted octanol–water partition coefficient (Wildman–Crippen LogP) is 4.31. The number of benzene rings is 1. The maximum Gasteiger partial charge on any atom is 0.320 e. The van der Waals surface area contributed by atoms with Gasteiger partial charge in [-0.3, -0.25) is 29.2 Å². The van der Waals surface area contributed by atoms with Crippen LogP contribution in [-0.4, -0.2) is 102 Å². The lowest BCUT2D eigenvalue weighted by Gasteiger charge is -2.36. The van der Waals surface area contributed by atoms with Gasteiger partial charge >= 0.3 is 11.9 Å². The Morgan fingerprint density at radius 3 is 2.23 bits per heavy atom. The van der Waals surface area contributed by atoms with Gasteiger partial charge in [0, 0.05) is 45.2 Å². The number of carbonyl (C=O) groups excluding carboxylic acids is 1. The number of nitrogens with zero attached hydrogens (tertiary/aromatic N) is 4. The molecule has 3 aliphatic rings. The summed E-state index contributed by atoms with van der Waals surface area (Å²) in [6.45, 7) is 15.2. The Morgan fingerprint density at radius 1 is 0.925 bits per heavy atom. The number of esters is 1. The van der Waals surface area contributed by atoms with E-state index in [0.29, 0.717) is 19.8 Å². The van der Waals surface area contributed by atoms with Gasteiger partial charge < -0.3 is 9.84 Å². The number of carbonyl (C=O) groups is 2. The highest BCUT2D eigenvalue weighted by Gasteiger charge is 2.30. The number of rotatable bonds is 13. The van der Waals surface area contributed by atoms with Crippen LogP contribution in [-0.2, 0) is 20.9 Å². The van der Waals surface area contributed by atoms with Crippen molar-refractivity contribution in [2.75, 3.05) is 65.8 Å². The third-order valence-electron chi connectivity index (χ3n) is 9.25. The highest BCUT2D eigenvalue weighted by molar-refractivity contribution is 5.71. The van der Waals surface area contributed by atoms with E-state index in [0.717, 1.165) is 76.4 Å². The fourth-order valence-corrected chi connectivity index (χ4v) is 6.89. The Bertz CT molecular complexity index is 939. The van der Waals surface area contributed by atoms with Gasteiger partial charge in [-0.25, -0.2) is 0 Å². The van der Waals surface area contributed by atoms with Crippen molar-refractivity contribution in [1.82, 2.24) is 19.6 Å². The van der Waals surface area contributed by atoms with E-state index in [4.69, 9.17) is 9.84 Å². The summed E-state index contributed by atoms with van der Waals surface area (Å²) in [5.74, 6) is 1.79. The molecule has 0 aromatic heterocycles. The second-order valence-corrected chi connectivity index (χ2v) is 12.8. The zero-order valence-electron chi connectivity index (χ0n) is 25.1. The maximum atomic E-state index is 12.8. The molecule has 1 aromatic rings. The molecule has 1 saturated carbocycles. The van der Waals surface area contributed by atoms with Crippen molar-refractivity contribution in [1.29, 1.82) is 0 Å². The molecule has 1 aliphatic carbocycles. The topological polar surface area (TPSA) is 76.6 Å². The summed E-state index contributed by atoms with van der Waals surface area (Å²) in [5.41, 5.74) is 2.42. The Hall–Kier alpha value is -2.00. The van der Waals surface area contributed by atoms with Gasteiger partial charge in [-0.05, 0) is 67.4 Å². The summed E-state index contributed by atoms with van der Waals surface area (Å²) in [4.78, 5) is 32.9. The van der Waals surface area contributed by atoms with E-state index >= 15 is 0 Å². The van der Waals surface area contributed by atoms with Crippen molar-refractivity contribution >= 4 is 11.9 Å². The molecule has 8 heteroatoms. The third-order valence-corrected chi connectivity index (χ3v) is 9.25. The minimum atomic E-state index is -0.769. The maximum absolute atomic E-state index is 12.8. The molecule has 0 bridgehead atoms. The van der Waals surface area contributed by atoms with Gasteiger partial charge in [0.15, 0.2) is 0 Å². The Kier molecular flexibility index (Phi) is 11.8. The van der Waals surface area contributed by atoms with Crippen LogP contribution < -0.4 is 0 Å². The molecule has 8 nitrogen and oxygen atoms in total. The quantitative estimate of drug-likeness (QED) is 0.360. The first kappa shape index (κ1) is 30.9. The summed E-state index contributed by atoms with van der Waals surface area (Å²) in [6, 6.07) is 8.63. The molecule has 224 valence electrons. The molecule has 2 heterocycles. The summed E-state index contributed by atoms with van der Waals surface area (Å²) in [6.07, 6.45) is 7.11. The third kappa shape index (κ3) is 9.54. The number of ether oxygens (including phenoxy) is 1. The summed E-state index contributed by atoms with van der Waals surface area (Å²) in [7, 11) is 0. The molecule has 0 spiro atoms. The first-order chi connectivity index (χ1) is 19.3. The molecule has 0 radical (unpaired) electrons. The number of carboxylic acids is 1. The Labute approximate surface area is 241 Å². The van der Waals surface area contributed by atoms with E-state index in [1.165, 1.54) is 36.9 Å². The first-order valence-corrected chi connectivity index (χ1v) is 15.6. The van der Waals surface area contributed by atoms with Crippen LogP contribution >= 0.6 is 0 Å². The van der Waals surface area contributed by atoms with E-state index < -0.39 is 5.97 Å². The highest BCUT2D eigenvalue weighted by Crippen LogP contribution is 2.36. The van der Waals surface area contributed by atoms with E-state index in [9.17, 15) is 9.59 Å². The summed E-state index contributed by atoms with van der Waals surface area (Å²) in [5, 5.41) is 9.09. The van der Waals surface area contributed by atoms with Crippen LogP contribution in [0.15, 0.2) is 24.3 Å². The van der Waals surface area contributed by atoms with Gasteiger partial charge in [0.05, 0.1) is 33.0 Å². The lowest BCUT2D eigenvalue weighted by Crippen LogP contribution is -2.48. The Morgan fingerprint density at radius 2 is 1.57 bits per heavy atom. The van der Waals surface area contributed by atoms with Crippen LogP contribution in [0.3, 0.4) is 0 Å². The second-order valence-electron chi connectivity index (χ2n) is 12.8. The molecular formula is C32H52N4O4. The number of aliphatic carboxylic acids is 1. The highest BCUT2D eigenvalue weighted by atomic mass is 16.5. The standard InChI is InChI=1S/C32H52N4O4/c1-4-28(29-10-7-26(8-11-29)18-33-13-5-15-35(23-33)20-31(37)38)22-40-32(39)21-36-16-6-14-34(24-36)19-27-9-12-30(17-27)25(2)3/h7-8,10-11,25,27-28,30H,4-6,9,12-24H2,1-3H3,(H,37,38). The normalized spacial score (nSPS) is 24.4. The van der Waals surface area contributed by atoms with Crippen LogP contribution in [0.2, 0.25) is 0 Å². The molecule has 0 amide bonds. The van der Waals surface area contributed by atoms with Crippen molar-refractivity contribution in [2.45, 2.75) is 71.8 Å². The fourth-order valence-electron chi connectivity index (χ4n) is 6.89. The van der Waals surface area contributed by atoms with Crippen molar-refractivity contribution in [3.63, 3.8) is 0 Å². The zero-order valence-corrected chi connectivity index (χ0v) is 25.1. The lowest BCUT2D eigenvalue weighted by molar-refractivity contribution is -0.146. The minimum absolute atomic E-state index is 0.0989. The van der Waals surface area contributed by atoms with Crippen molar-refractivity contribution in [3.05, 3.63) is 35.4 Å². The zero-order chi connectivity index (χ0) is 28.5. The molecule has 4 rings (SSSR count). The van der Waals surface area contributed by atoms with Gasteiger partial charge in [0.1, 0.15) is 0 Å². The number of carboxylic acid groups (broad SMARTS) is 1. The number of hydrogen-bond donors (Lipinski definition) is 1. The molecule has 3 unspecified atom stereocenters. The number of hydrogen-bond acceptors (Lipinski definition) is 7. The van der Waals surface area contributed by atoms with Gasteiger partial charge in [0.25, 0.3) is 0 Å². The smallest absolute Gasteiger partial charge is 0.320 e. The molecular weight excluding hydrogens is 504 g/mol. The summed E-state index contributed by atoms with van der Waals surface area (Å²) >= 11 is 0. The molecule has 2 aliphatic heterocycles. The largest absolute Gasteiger partial charge is 0.480 e. The Balaban J connectivity index is 1.18. The van der Waals surface area contributed by atoms with Crippen LogP contribution in [0.5, 0.6) is 0 Å². The molecule has 3 atom stereocenters. The molecule has 2 saturated heterocycles. The first-order valence-electron chi connectivity index (χ1n) is 15.6. The van der Waals surface area contributed by atoms with Crippen LogP contribution in [0.25, 0.3) is 0 Å². The average Bonchev–Trinajstić information content (AvgIpc) is 3.39. The fraction of sp³-hybridized carbons (Fsp3) is 0.750. The van der Waals surface area contributed by atoms with Crippen LogP contribution in [0.4, 0.5) is 0 Å². The van der Waals surface area contributed by atoms with Crippen LogP contribution in [0, 0.1) is 17.8 Å². The lowest BCUT2D eigenvalue weighted by atomic mass is 9.93. The van der Waals surface area contributed by atoms with Gasteiger partial charge in [-0.15, -0.1) is 0 Å². The SMILES string of the molecule is CCC(COC(=O)CN1CCCN(CC2CCC(C(C)C)C2)C1)c1ccc(CN2CCCN(CC(=O)O)C2)cc1. The monoisotopic (exact) mass is 556 g/mol. The van der Waals surface area contributed by atoms with E-state index in [2.05, 4.69) is 59.7 Å². The van der Waals surface area contributed by atoms with Gasteiger partial charge in [-0.1, -0.05) is 45.0 Å². The van der Waals surface area contributed by atoms with E-state index in [-0.39, 0.29) is 18.4 Å². The van der Waals surface area contributed by atoms with Crippen molar-refractivity contribution in [2.24, 2.45) is 17.8 Å². The van der Waals surface area contributed by atoms with Crippen LogP contribution in [0.1, 0.15) is 76.3 Å². The molecule has 3 fully saturated rings. The van der Waals surface area contributed by atoms with Gasteiger partial charge in [0.2, 0.25) is 0 Å². The second kappa shape index (κ2) is 15.3. The minimum Gasteiger partial charge on any atom is -0.480 e.